The summed E-state index contributed by atoms with van der Waals surface area (Å²) in [6.07, 6.45) is -0.561. The van der Waals surface area contributed by atoms with E-state index < -0.39 is 6.10 Å². The quantitative estimate of drug-likeness (QED) is 0.819. The molecule has 0 saturated heterocycles. The van der Waals surface area contributed by atoms with Gasteiger partial charge in [-0.3, -0.25) is 9.48 Å². The summed E-state index contributed by atoms with van der Waals surface area (Å²) >= 11 is 0. The number of aryl methyl sites for hydroxylation is 1. The lowest BCUT2D eigenvalue weighted by Crippen LogP contribution is -2.31. The van der Waals surface area contributed by atoms with Crippen LogP contribution >= 0.6 is 0 Å². The second kappa shape index (κ2) is 4.55. The number of para-hydroxylation sites is 1. The fourth-order valence-electron chi connectivity index (χ4n) is 1.71. The lowest BCUT2D eigenvalue weighted by molar-refractivity contribution is 0.0920. The number of nitrogens with one attached hydrogen (secondary N) is 1. The van der Waals surface area contributed by atoms with Gasteiger partial charge in [-0.15, -0.1) is 0 Å². The van der Waals surface area contributed by atoms with Gasteiger partial charge in [-0.05, 0) is 13.0 Å². The van der Waals surface area contributed by atoms with Gasteiger partial charge in [-0.1, -0.05) is 18.2 Å². The standard InChI is InChI=1S/C12H15N3O2/c1-8(16)7-13-12(17)11-9-5-3-4-6-10(9)15(2)14-11/h3-6,8,16H,7H2,1-2H3,(H,13,17)/t8-/m0/s1. The topological polar surface area (TPSA) is 67.2 Å². The summed E-state index contributed by atoms with van der Waals surface area (Å²) in [4.78, 5) is 11.9. The smallest absolute Gasteiger partial charge is 0.272 e. The molecule has 90 valence electrons. The number of aliphatic hydroxyl groups excluding tert-OH is 1. The number of nitrogens with zero attached hydrogens (tertiary/aromatic N) is 2. The van der Waals surface area contributed by atoms with Crippen LogP contribution in [0.5, 0.6) is 0 Å². The number of aliphatic hydroxyl groups is 1. The minimum absolute atomic E-state index is 0.226. The normalized spacial score (nSPS) is 12.6. The van der Waals surface area contributed by atoms with Crippen LogP contribution in [0.2, 0.25) is 0 Å². The monoisotopic (exact) mass is 233 g/mol. The maximum Gasteiger partial charge on any atom is 0.272 e. The number of amides is 1. The predicted octanol–water partition coefficient (Wildman–Crippen LogP) is 0.684. The molecule has 0 aliphatic carbocycles. The zero-order valence-electron chi connectivity index (χ0n) is 9.84. The summed E-state index contributed by atoms with van der Waals surface area (Å²) in [6.45, 7) is 1.85. The van der Waals surface area contributed by atoms with Crippen LogP contribution in [0.25, 0.3) is 10.9 Å². The molecule has 17 heavy (non-hydrogen) atoms. The van der Waals surface area contributed by atoms with Gasteiger partial charge >= 0.3 is 0 Å². The summed E-state index contributed by atoms with van der Waals surface area (Å²) < 4.78 is 1.67. The summed E-state index contributed by atoms with van der Waals surface area (Å²) in [5.41, 5.74) is 1.30. The van der Waals surface area contributed by atoms with E-state index in [1.807, 2.05) is 24.3 Å². The molecular weight excluding hydrogens is 218 g/mol. The number of carbonyl (C=O) groups is 1. The van der Waals surface area contributed by atoms with Crippen molar-refractivity contribution in [2.24, 2.45) is 7.05 Å². The van der Waals surface area contributed by atoms with Crippen LogP contribution in [0.15, 0.2) is 24.3 Å². The average Bonchev–Trinajstić information content (AvgIpc) is 2.65. The number of aromatic nitrogens is 2. The number of carbonyl (C=O) groups excluding carboxylic acids is 1. The van der Waals surface area contributed by atoms with E-state index in [9.17, 15) is 4.79 Å². The fourth-order valence-corrected chi connectivity index (χ4v) is 1.71. The Balaban J connectivity index is 2.32. The molecule has 0 saturated carbocycles. The molecule has 0 unspecified atom stereocenters. The van der Waals surface area contributed by atoms with E-state index >= 15 is 0 Å². The maximum absolute atomic E-state index is 11.9. The van der Waals surface area contributed by atoms with Crippen molar-refractivity contribution in [1.29, 1.82) is 0 Å². The van der Waals surface area contributed by atoms with Crippen molar-refractivity contribution in [3.05, 3.63) is 30.0 Å². The third kappa shape index (κ3) is 2.29. The first-order chi connectivity index (χ1) is 8.09. The SMILES string of the molecule is C[C@H](O)CNC(=O)c1nn(C)c2ccccc12. The second-order valence-corrected chi connectivity index (χ2v) is 4.05. The highest BCUT2D eigenvalue weighted by atomic mass is 16.3. The number of fused-ring (bicyclic) bond motifs is 1. The van der Waals surface area contributed by atoms with Gasteiger partial charge in [0.1, 0.15) is 0 Å². The minimum atomic E-state index is -0.561. The molecule has 1 atom stereocenters. The van der Waals surface area contributed by atoms with Crippen molar-refractivity contribution < 1.29 is 9.90 Å². The highest BCUT2D eigenvalue weighted by molar-refractivity contribution is 6.04. The van der Waals surface area contributed by atoms with Crippen LogP contribution in [0.1, 0.15) is 17.4 Å². The molecule has 5 heteroatoms. The molecule has 1 amide bonds. The number of rotatable bonds is 3. The Hall–Kier alpha value is -1.88. The predicted molar refractivity (Wildman–Crippen MR) is 64.7 cm³/mol. The third-order valence-corrected chi connectivity index (χ3v) is 2.53. The zero-order chi connectivity index (χ0) is 12.4. The molecular formula is C12H15N3O2. The van der Waals surface area contributed by atoms with E-state index in [1.54, 1.807) is 18.7 Å². The molecule has 0 radical (unpaired) electrons. The van der Waals surface area contributed by atoms with Crippen LogP contribution in [0.3, 0.4) is 0 Å². The summed E-state index contributed by atoms with van der Waals surface area (Å²) in [6, 6.07) is 7.55. The van der Waals surface area contributed by atoms with Crippen LogP contribution in [-0.4, -0.2) is 33.4 Å². The van der Waals surface area contributed by atoms with Crippen LogP contribution in [-0.2, 0) is 7.05 Å². The van der Waals surface area contributed by atoms with Crippen LogP contribution in [0, 0.1) is 0 Å². The van der Waals surface area contributed by atoms with Gasteiger partial charge in [-0.2, -0.15) is 5.10 Å². The molecule has 0 aliphatic heterocycles. The van der Waals surface area contributed by atoms with Gasteiger partial charge in [0.05, 0.1) is 11.6 Å². The number of hydrogen-bond acceptors (Lipinski definition) is 3. The Morgan fingerprint density at radius 1 is 1.53 bits per heavy atom. The van der Waals surface area contributed by atoms with Crippen molar-refractivity contribution >= 4 is 16.8 Å². The van der Waals surface area contributed by atoms with Gasteiger partial charge in [-0.25, -0.2) is 0 Å². The van der Waals surface area contributed by atoms with Crippen molar-refractivity contribution in [1.82, 2.24) is 15.1 Å². The Kier molecular flexibility index (Phi) is 3.10. The van der Waals surface area contributed by atoms with Gasteiger partial charge < -0.3 is 10.4 Å². The van der Waals surface area contributed by atoms with Crippen molar-refractivity contribution in [2.45, 2.75) is 13.0 Å². The molecule has 1 aromatic carbocycles. The molecule has 1 heterocycles. The van der Waals surface area contributed by atoms with Gasteiger partial charge in [0.15, 0.2) is 5.69 Å². The van der Waals surface area contributed by atoms with E-state index in [0.29, 0.717) is 5.69 Å². The Labute approximate surface area is 99.1 Å². The average molecular weight is 233 g/mol. The molecule has 2 aromatic rings. The van der Waals surface area contributed by atoms with E-state index in [1.165, 1.54) is 0 Å². The lowest BCUT2D eigenvalue weighted by Gasteiger charge is -2.05. The van der Waals surface area contributed by atoms with E-state index in [-0.39, 0.29) is 12.5 Å². The van der Waals surface area contributed by atoms with Crippen molar-refractivity contribution in [2.75, 3.05) is 6.54 Å². The van der Waals surface area contributed by atoms with Gasteiger partial charge in [0.25, 0.3) is 5.91 Å². The third-order valence-electron chi connectivity index (χ3n) is 2.53. The van der Waals surface area contributed by atoms with Gasteiger partial charge in [0.2, 0.25) is 0 Å². The molecule has 5 nitrogen and oxygen atoms in total. The van der Waals surface area contributed by atoms with E-state index in [0.717, 1.165) is 10.9 Å². The summed E-state index contributed by atoms with van der Waals surface area (Å²) in [7, 11) is 1.80. The highest BCUT2D eigenvalue weighted by Gasteiger charge is 2.15. The highest BCUT2D eigenvalue weighted by Crippen LogP contribution is 2.16. The zero-order valence-corrected chi connectivity index (χ0v) is 9.84. The van der Waals surface area contributed by atoms with Crippen LogP contribution < -0.4 is 5.32 Å². The van der Waals surface area contributed by atoms with Crippen LogP contribution in [0.4, 0.5) is 0 Å². The number of benzene rings is 1. The fraction of sp³-hybridized carbons (Fsp3) is 0.333. The molecule has 2 rings (SSSR count). The van der Waals surface area contributed by atoms with E-state index in [4.69, 9.17) is 5.11 Å². The molecule has 1 aromatic heterocycles. The maximum atomic E-state index is 11.9. The largest absolute Gasteiger partial charge is 0.392 e. The summed E-state index contributed by atoms with van der Waals surface area (Å²) in [5.74, 6) is -0.261. The first-order valence-electron chi connectivity index (χ1n) is 5.47. The minimum Gasteiger partial charge on any atom is -0.392 e. The molecule has 2 N–H and O–H groups in total. The van der Waals surface area contributed by atoms with Crippen molar-refractivity contribution in [3.63, 3.8) is 0 Å². The first kappa shape index (κ1) is 11.6. The number of hydrogen-bond donors (Lipinski definition) is 2. The lowest BCUT2D eigenvalue weighted by atomic mass is 10.2. The molecule has 0 fully saturated rings. The Morgan fingerprint density at radius 3 is 2.94 bits per heavy atom. The second-order valence-electron chi connectivity index (χ2n) is 4.05. The summed E-state index contributed by atoms with van der Waals surface area (Å²) in [5, 5.41) is 16.8. The van der Waals surface area contributed by atoms with E-state index in [2.05, 4.69) is 10.4 Å². The van der Waals surface area contributed by atoms with Crippen molar-refractivity contribution in [3.8, 4) is 0 Å². The first-order valence-corrected chi connectivity index (χ1v) is 5.47. The van der Waals surface area contributed by atoms with Gasteiger partial charge in [0, 0.05) is 19.0 Å². The molecule has 0 bridgehead atoms. The Bertz CT molecular complexity index is 546. The Morgan fingerprint density at radius 2 is 2.24 bits per heavy atom. The molecule has 0 aliphatic rings. The molecule has 0 spiro atoms.